The number of nitriles is 1. The van der Waals surface area contributed by atoms with Gasteiger partial charge in [-0.1, -0.05) is 0 Å². The van der Waals surface area contributed by atoms with Crippen LogP contribution in [0.3, 0.4) is 0 Å². The molecule has 0 bridgehead atoms. The zero-order valence-electron chi connectivity index (χ0n) is 15.7. The van der Waals surface area contributed by atoms with Crippen molar-refractivity contribution < 1.29 is 14.3 Å². The lowest BCUT2D eigenvalue weighted by molar-refractivity contribution is -0.116. The molecule has 8 heteroatoms. The van der Waals surface area contributed by atoms with Crippen molar-refractivity contribution in [2.45, 2.75) is 40.5 Å². The van der Waals surface area contributed by atoms with Gasteiger partial charge >= 0.3 is 5.97 Å². The SMILES string of the molecule is CCOC(=O)c1sc(NC(=O)CCc2c(C)[nH]c(=O)c(C#N)c2C)cc1C. The Balaban J connectivity index is 2.08. The minimum Gasteiger partial charge on any atom is -0.462 e. The van der Waals surface area contributed by atoms with E-state index in [0.717, 1.165) is 11.1 Å². The number of hydrogen-bond donors (Lipinski definition) is 2. The molecule has 27 heavy (non-hydrogen) atoms. The van der Waals surface area contributed by atoms with Crippen molar-refractivity contribution in [2.24, 2.45) is 0 Å². The fraction of sp³-hybridized carbons (Fsp3) is 0.368. The van der Waals surface area contributed by atoms with Gasteiger partial charge in [0.05, 0.1) is 11.6 Å². The molecule has 0 aromatic carbocycles. The number of anilines is 1. The molecule has 0 saturated carbocycles. The predicted octanol–water partition coefficient (Wildman–Crippen LogP) is 2.98. The summed E-state index contributed by atoms with van der Waals surface area (Å²) in [7, 11) is 0. The highest BCUT2D eigenvalue weighted by Crippen LogP contribution is 2.27. The Kier molecular flexibility index (Phi) is 6.53. The van der Waals surface area contributed by atoms with Crippen LogP contribution in [-0.4, -0.2) is 23.5 Å². The minimum atomic E-state index is -0.416. The fourth-order valence-electron chi connectivity index (χ4n) is 2.80. The van der Waals surface area contributed by atoms with Crippen LogP contribution in [0.25, 0.3) is 0 Å². The van der Waals surface area contributed by atoms with Gasteiger partial charge < -0.3 is 15.0 Å². The Morgan fingerprint density at radius 2 is 2.04 bits per heavy atom. The van der Waals surface area contributed by atoms with E-state index < -0.39 is 11.5 Å². The van der Waals surface area contributed by atoms with Gasteiger partial charge in [0.25, 0.3) is 5.56 Å². The monoisotopic (exact) mass is 387 g/mol. The lowest BCUT2D eigenvalue weighted by Gasteiger charge is -2.10. The summed E-state index contributed by atoms with van der Waals surface area (Å²) in [6, 6.07) is 3.64. The van der Waals surface area contributed by atoms with E-state index >= 15 is 0 Å². The molecule has 2 aromatic heterocycles. The summed E-state index contributed by atoms with van der Waals surface area (Å²) in [5.74, 6) is -0.612. The molecule has 2 aromatic rings. The van der Waals surface area contributed by atoms with Gasteiger partial charge in [0.2, 0.25) is 5.91 Å². The van der Waals surface area contributed by atoms with E-state index in [-0.39, 0.29) is 17.9 Å². The summed E-state index contributed by atoms with van der Waals surface area (Å²) in [6.45, 7) is 7.27. The number of nitrogens with one attached hydrogen (secondary N) is 2. The van der Waals surface area contributed by atoms with Gasteiger partial charge in [0.15, 0.2) is 0 Å². The maximum atomic E-state index is 12.3. The number of thiophene rings is 1. The molecule has 0 fully saturated rings. The molecular weight excluding hydrogens is 366 g/mol. The molecule has 0 radical (unpaired) electrons. The molecule has 0 atom stereocenters. The standard InChI is InChI=1S/C19H21N3O4S/c1-5-26-19(25)17-10(2)8-16(27-17)22-15(23)7-6-13-11(3)14(9-20)18(24)21-12(13)4/h8H,5-7H2,1-4H3,(H,21,24)(H,22,23). The molecule has 0 aliphatic heterocycles. The number of hydrogen-bond acceptors (Lipinski definition) is 6. The maximum Gasteiger partial charge on any atom is 0.348 e. The van der Waals surface area contributed by atoms with Crippen molar-refractivity contribution >= 4 is 28.2 Å². The first-order valence-corrected chi connectivity index (χ1v) is 9.30. The van der Waals surface area contributed by atoms with E-state index in [0.29, 0.717) is 34.2 Å². The van der Waals surface area contributed by atoms with Crippen LogP contribution in [0, 0.1) is 32.1 Å². The van der Waals surface area contributed by atoms with Gasteiger partial charge in [0.1, 0.15) is 16.5 Å². The number of ether oxygens (including phenoxy) is 1. The predicted molar refractivity (Wildman–Crippen MR) is 103 cm³/mol. The summed E-state index contributed by atoms with van der Waals surface area (Å²) in [6.07, 6.45) is 0.578. The Morgan fingerprint density at radius 1 is 1.33 bits per heavy atom. The molecule has 0 aliphatic rings. The van der Waals surface area contributed by atoms with E-state index in [2.05, 4.69) is 10.3 Å². The van der Waals surface area contributed by atoms with Gasteiger partial charge in [-0.05, 0) is 56.9 Å². The van der Waals surface area contributed by atoms with Crippen LogP contribution in [0.4, 0.5) is 5.00 Å². The number of esters is 1. The summed E-state index contributed by atoms with van der Waals surface area (Å²) in [5, 5.41) is 12.5. The first-order valence-electron chi connectivity index (χ1n) is 8.48. The zero-order valence-corrected chi connectivity index (χ0v) is 16.5. The lowest BCUT2D eigenvalue weighted by atomic mass is 9.99. The number of aromatic amines is 1. The number of carbonyl (C=O) groups is 2. The topological polar surface area (TPSA) is 112 Å². The number of nitrogens with zero attached hydrogens (tertiary/aromatic N) is 1. The number of aryl methyl sites for hydroxylation is 2. The number of carbonyl (C=O) groups excluding carboxylic acids is 2. The molecule has 142 valence electrons. The van der Waals surface area contributed by atoms with Crippen molar-refractivity contribution in [3.8, 4) is 6.07 Å². The van der Waals surface area contributed by atoms with Crippen molar-refractivity contribution in [2.75, 3.05) is 11.9 Å². The van der Waals surface area contributed by atoms with E-state index in [9.17, 15) is 14.4 Å². The van der Waals surface area contributed by atoms with E-state index in [1.165, 1.54) is 11.3 Å². The average Bonchev–Trinajstić information content (AvgIpc) is 2.95. The lowest BCUT2D eigenvalue weighted by Crippen LogP contribution is -2.18. The number of H-pyrrole nitrogens is 1. The number of amides is 1. The van der Waals surface area contributed by atoms with Crippen LogP contribution in [0.5, 0.6) is 0 Å². The third-order valence-electron chi connectivity index (χ3n) is 4.16. The summed E-state index contributed by atoms with van der Waals surface area (Å²) in [4.78, 5) is 39.0. The van der Waals surface area contributed by atoms with Crippen LogP contribution in [0.2, 0.25) is 0 Å². The van der Waals surface area contributed by atoms with Crippen LogP contribution in [0.1, 0.15) is 51.0 Å². The molecule has 7 nitrogen and oxygen atoms in total. The highest BCUT2D eigenvalue weighted by Gasteiger charge is 2.17. The van der Waals surface area contributed by atoms with Crippen molar-refractivity contribution in [3.63, 3.8) is 0 Å². The molecule has 0 saturated heterocycles. The van der Waals surface area contributed by atoms with E-state index in [1.54, 1.807) is 33.8 Å². The summed E-state index contributed by atoms with van der Waals surface area (Å²) < 4.78 is 4.99. The second kappa shape index (κ2) is 8.64. The molecule has 2 N–H and O–H groups in total. The number of rotatable bonds is 6. The second-order valence-electron chi connectivity index (χ2n) is 6.06. The first-order chi connectivity index (χ1) is 12.8. The Bertz CT molecular complexity index is 982. The molecule has 0 aliphatic carbocycles. The van der Waals surface area contributed by atoms with Crippen molar-refractivity contribution in [1.29, 1.82) is 5.26 Å². The third-order valence-corrected chi connectivity index (χ3v) is 5.30. The second-order valence-corrected chi connectivity index (χ2v) is 7.11. The van der Waals surface area contributed by atoms with Gasteiger partial charge in [0, 0.05) is 12.1 Å². The van der Waals surface area contributed by atoms with Gasteiger partial charge in [-0.15, -0.1) is 11.3 Å². The Labute approximate surface area is 161 Å². The Hall–Kier alpha value is -2.92. The zero-order chi connectivity index (χ0) is 20.1. The molecule has 1 amide bonds. The van der Waals surface area contributed by atoms with Crippen molar-refractivity contribution in [3.05, 3.63) is 49.2 Å². The maximum absolute atomic E-state index is 12.3. The molecule has 2 rings (SSSR count). The number of aromatic nitrogens is 1. The van der Waals surface area contributed by atoms with E-state index in [4.69, 9.17) is 10.00 Å². The van der Waals surface area contributed by atoms with Crippen LogP contribution in [0.15, 0.2) is 10.9 Å². The molecular formula is C19H21N3O4S. The highest BCUT2D eigenvalue weighted by molar-refractivity contribution is 7.18. The summed E-state index contributed by atoms with van der Waals surface area (Å²) >= 11 is 1.17. The molecule has 0 spiro atoms. The quantitative estimate of drug-likeness (QED) is 0.740. The van der Waals surface area contributed by atoms with Gasteiger partial charge in [-0.2, -0.15) is 5.26 Å². The third kappa shape index (κ3) is 4.63. The first kappa shape index (κ1) is 20.4. The molecule has 2 heterocycles. The molecule has 0 unspecified atom stereocenters. The average molecular weight is 387 g/mol. The highest BCUT2D eigenvalue weighted by atomic mass is 32.1. The van der Waals surface area contributed by atoms with Crippen LogP contribution >= 0.6 is 11.3 Å². The van der Waals surface area contributed by atoms with Crippen molar-refractivity contribution in [1.82, 2.24) is 4.98 Å². The fourth-order valence-corrected chi connectivity index (χ4v) is 3.78. The Morgan fingerprint density at radius 3 is 2.67 bits per heavy atom. The van der Waals surface area contributed by atoms with Gasteiger partial charge in [-0.3, -0.25) is 9.59 Å². The van der Waals surface area contributed by atoms with Gasteiger partial charge in [-0.25, -0.2) is 4.79 Å². The largest absolute Gasteiger partial charge is 0.462 e. The normalized spacial score (nSPS) is 10.3. The smallest absolute Gasteiger partial charge is 0.348 e. The van der Waals surface area contributed by atoms with Crippen LogP contribution in [-0.2, 0) is 16.0 Å². The summed E-state index contributed by atoms with van der Waals surface area (Å²) in [5.41, 5.74) is 2.45. The number of pyridine rings is 1. The minimum absolute atomic E-state index is 0.0731. The van der Waals surface area contributed by atoms with Crippen LogP contribution < -0.4 is 10.9 Å². The van der Waals surface area contributed by atoms with E-state index in [1.807, 2.05) is 6.07 Å².